The molecule has 2 N–H and O–H groups in total. The summed E-state index contributed by atoms with van der Waals surface area (Å²) in [5, 5.41) is 0. The van der Waals surface area contributed by atoms with Crippen molar-refractivity contribution in [2.24, 2.45) is 16.6 Å². The van der Waals surface area contributed by atoms with Crippen LogP contribution in [0.15, 0.2) is 4.99 Å². The van der Waals surface area contributed by atoms with Crippen molar-refractivity contribution in [3.05, 3.63) is 0 Å². The zero-order valence-corrected chi connectivity index (χ0v) is 7.55. The minimum absolute atomic E-state index is 0.0440. The quantitative estimate of drug-likeness (QED) is 0.592. The summed E-state index contributed by atoms with van der Waals surface area (Å²) in [6.07, 6.45) is 5.01. The normalized spacial score (nSPS) is 41.1. The minimum Gasteiger partial charge on any atom is -0.463 e. The Morgan fingerprint density at radius 3 is 3.00 bits per heavy atom. The highest BCUT2D eigenvalue weighted by molar-refractivity contribution is 5.73. The number of rotatable bonds is 0. The number of ether oxygens (including phenoxy) is 1. The van der Waals surface area contributed by atoms with Crippen LogP contribution in [0.1, 0.15) is 32.6 Å². The Balaban J connectivity index is 2.18. The van der Waals surface area contributed by atoms with Crippen LogP contribution in [0.3, 0.4) is 0 Å². The molecule has 0 saturated heterocycles. The van der Waals surface area contributed by atoms with Crippen LogP contribution in [0, 0.1) is 5.92 Å². The van der Waals surface area contributed by atoms with Crippen molar-refractivity contribution in [3.63, 3.8) is 0 Å². The molecule has 1 heterocycles. The van der Waals surface area contributed by atoms with Crippen LogP contribution < -0.4 is 5.73 Å². The molecule has 0 aromatic rings. The molecule has 0 aromatic carbocycles. The SMILES string of the molecule is CC1CCCCC12COC(N)=N2. The van der Waals surface area contributed by atoms with Gasteiger partial charge in [-0.05, 0) is 18.8 Å². The van der Waals surface area contributed by atoms with Crippen molar-refractivity contribution >= 4 is 6.02 Å². The van der Waals surface area contributed by atoms with Gasteiger partial charge >= 0.3 is 0 Å². The van der Waals surface area contributed by atoms with E-state index >= 15 is 0 Å². The first-order chi connectivity index (χ1) is 5.73. The zero-order chi connectivity index (χ0) is 8.60. The Morgan fingerprint density at radius 2 is 2.42 bits per heavy atom. The lowest BCUT2D eigenvalue weighted by Gasteiger charge is -2.34. The molecule has 12 heavy (non-hydrogen) atoms. The van der Waals surface area contributed by atoms with Gasteiger partial charge in [-0.3, -0.25) is 0 Å². The minimum atomic E-state index is 0.0440. The van der Waals surface area contributed by atoms with Crippen LogP contribution in [-0.4, -0.2) is 18.2 Å². The van der Waals surface area contributed by atoms with Crippen LogP contribution in [0.5, 0.6) is 0 Å². The van der Waals surface area contributed by atoms with Crippen LogP contribution >= 0.6 is 0 Å². The predicted molar refractivity (Wildman–Crippen MR) is 47.9 cm³/mol. The smallest absolute Gasteiger partial charge is 0.282 e. The largest absolute Gasteiger partial charge is 0.463 e. The van der Waals surface area contributed by atoms with E-state index in [-0.39, 0.29) is 5.54 Å². The molecular weight excluding hydrogens is 152 g/mol. The van der Waals surface area contributed by atoms with Crippen molar-refractivity contribution in [3.8, 4) is 0 Å². The number of amidine groups is 1. The van der Waals surface area contributed by atoms with E-state index in [1.54, 1.807) is 0 Å². The first kappa shape index (κ1) is 7.90. The Morgan fingerprint density at radius 1 is 1.58 bits per heavy atom. The van der Waals surface area contributed by atoms with Gasteiger partial charge in [-0.1, -0.05) is 19.8 Å². The molecule has 0 amide bonds. The van der Waals surface area contributed by atoms with E-state index in [9.17, 15) is 0 Å². The van der Waals surface area contributed by atoms with Gasteiger partial charge in [-0.15, -0.1) is 0 Å². The standard InChI is InChI=1S/C9H16N2O/c1-7-4-2-3-5-9(7)6-12-8(10)11-9/h7H,2-6H2,1H3,(H2,10,11). The second kappa shape index (κ2) is 2.64. The Bertz CT molecular complexity index is 215. The van der Waals surface area contributed by atoms with E-state index in [4.69, 9.17) is 10.5 Å². The maximum atomic E-state index is 5.53. The lowest BCUT2D eigenvalue weighted by Crippen LogP contribution is -2.38. The topological polar surface area (TPSA) is 47.6 Å². The van der Waals surface area contributed by atoms with E-state index in [0.29, 0.717) is 18.5 Å². The molecule has 0 aromatic heterocycles. The summed E-state index contributed by atoms with van der Waals surface area (Å²) < 4.78 is 5.24. The van der Waals surface area contributed by atoms with Gasteiger partial charge in [0.15, 0.2) is 0 Å². The molecule has 1 spiro atoms. The van der Waals surface area contributed by atoms with Crippen molar-refractivity contribution in [1.82, 2.24) is 0 Å². The molecule has 2 aliphatic rings. The van der Waals surface area contributed by atoms with Crippen LogP contribution in [0.4, 0.5) is 0 Å². The van der Waals surface area contributed by atoms with Gasteiger partial charge in [-0.2, -0.15) is 0 Å². The maximum Gasteiger partial charge on any atom is 0.282 e. The average molecular weight is 168 g/mol. The van der Waals surface area contributed by atoms with Gasteiger partial charge in [0, 0.05) is 0 Å². The third kappa shape index (κ3) is 1.08. The van der Waals surface area contributed by atoms with Gasteiger partial charge in [0.25, 0.3) is 6.02 Å². The Labute approximate surface area is 73.0 Å². The van der Waals surface area contributed by atoms with Crippen molar-refractivity contribution < 1.29 is 4.74 Å². The van der Waals surface area contributed by atoms with Crippen molar-refractivity contribution in [2.75, 3.05) is 6.61 Å². The highest BCUT2D eigenvalue weighted by atomic mass is 16.5. The van der Waals surface area contributed by atoms with Gasteiger partial charge in [-0.25, -0.2) is 4.99 Å². The van der Waals surface area contributed by atoms with Gasteiger partial charge in [0.2, 0.25) is 0 Å². The number of hydrogen-bond donors (Lipinski definition) is 1. The van der Waals surface area contributed by atoms with Crippen LogP contribution in [-0.2, 0) is 4.74 Å². The van der Waals surface area contributed by atoms with E-state index < -0.39 is 0 Å². The van der Waals surface area contributed by atoms with Gasteiger partial charge < -0.3 is 10.5 Å². The number of hydrogen-bond acceptors (Lipinski definition) is 3. The van der Waals surface area contributed by atoms with Crippen LogP contribution in [0.2, 0.25) is 0 Å². The molecule has 2 rings (SSSR count). The molecule has 3 nitrogen and oxygen atoms in total. The monoisotopic (exact) mass is 168 g/mol. The second-order valence-electron chi connectivity index (χ2n) is 3.99. The summed E-state index contributed by atoms with van der Waals surface area (Å²) in [7, 11) is 0. The first-order valence-electron chi connectivity index (χ1n) is 4.71. The summed E-state index contributed by atoms with van der Waals surface area (Å²) in [6, 6.07) is 0.392. The lowest BCUT2D eigenvalue weighted by molar-refractivity contribution is 0.151. The van der Waals surface area contributed by atoms with E-state index in [2.05, 4.69) is 11.9 Å². The summed E-state index contributed by atoms with van der Waals surface area (Å²) in [4.78, 5) is 4.43. The first-order valence-corrected chi connectivity index (χ1v) is 4.71. The number of nitrogens with two attached hydrogens (primary N) is 1. The molecule has 1 aliphatic carbocycles. The molecule has 1 fully saturated rings. The van der Waals surface area contributed by atoms with Crippen molar-refractivity contribution in [1.29, 1.82) is 0 Å². The molecule has 1 aliphatic heterocycles. The van der Waals surface area contributed by atoms with E-state index in [1.807, 2.05) is 0 Å². The van der Waals surface area contributed by atoms with Crippen LogP contribution in [0.25, 0.3) is 0 Å². The molecule has 68 valence electrons. The fourth-order valence-electron chi connectivity index (χ4n) is 2.26. The highest BCUT2D eigenvalue weighted by Crippen LogP contribution is 2.39. The molecule has 1 saturated carbocycles. The maximum absolute atomic E-state index is 5.53. The van der Waals surface area contributed by atoms with Gasteiger partial charge in [0.05, 0.1) is 0 Å². The molecule has 0 radical (unpaired) electrons. The molecule has 3 heteroatoms. The summed E-state index contributed by atoms with van der Waals surface area (Å²) in [5.41, 5.74) is 5.57. The third-order valence-corrected chi connectivity index (χ3v) is 3.22. The fraction of sp³-hybridized carbons (Fsp3) is 0.889. The Kier molecular flexibility index (Phi) is 1.74. The van der Waals surface area contributed by atoms with E-state index in [0.717, 1.165) is 6.42 Å². The van der Waals surface area contributed by atoms with E-state index in [1.165, 1.54) is 19.3 Å². The third-order valence-electron chi connectivity index (χ3n) is 3.22. The second-order valence-corrected chi connectivity index (χ2v) is 3.99. The lowest BCUT2D eigenvalue weighted by atomic mass is 9.75. The fourth-order valence-corrected chi connectivity index (χ4v) is 2.26. The molecule has 0 bridgehead atoms. The Hall–Kier alpha value is -0.730. The summed E-state index contributed by atoms with van der Waals surface area (Å²) >= 11 is 0. The highest BCUT2D eigenvalue weighted by Gasteiger charge is 2.42. The summed E-state index contributed by atoms with van der Waals surface area (Å²) in [6.45, 7) is 2.96. The average Bonchev–Trinajstić information content (AvgIpc) is 2.41. The number of nitrogens with zero attached hydrogens (tertiary/aromatic N) is 1. The zero-order valence-electron chi connectivity index (χ0n) is 7.55. The van der Waals surface area contributed by atoms with Gasteiger partial charge in [0.1, 0.15) is 12.1 Å². The summed E-state index contributed by atoms with van der Waals surface area (Å²) in [5.74, 6) is 0.632. The molecule has 2 unspecified atom stereocenters. The van der Waals surface area contributed by atoms with Crippen molar-refractivity contribution in [2.45, 2.75) is 38.1 Å². The number of aliphatic imine (C=N–C) groups is 1. The molecule has 2 atom stereocenters. The molecular formula is C9H16N2O. The predicted octanol–water partition coefficient (Wildman–Crippen LogP) is 1.28.